The molecule has 2 amide bonds. The summed E-state index contributed by atoms with van der Waals surface area (Å²) in [6.07, 6.45) is -5.57. The average molecular weight is 332 g/mol. The first-order chi connectivity index (χ1) is 10.6. The zero-order chi connectivity index (χ0) is 17.6. The summed E-state index contributed by atoms with van der Waals surface area (Å²) in [5.41, 5.74) is -1.68. The summed E-state index contributed by atoms with van der Waals surface area (Å²) in [6, 6.07) is 2.93. The highest BCUT2D eigenvalue weighted by atomic mass is 19.4. The fourth-order valence-corrected chi connectivity index (χ4v) is 1.65. The Morgan fingerprint density at radius 3 is 2.26 bits per heavy atom. The van der Waals surface area contributed by atoms with Gasteiger partial charge in [-0.2, -0.15) is 13.2 Å². The largest absolute Gasteiger partial charge is 0.481 e. The van der Waals surface area contributed by atoms with Crippen LogP contribution in [0.25, 0.3) is 0 Å². The molecule has 0 bridgehead atoms. The van der Waals surface area contributed by atoms with E-state index in [2.05, 4.69) is 5.32 Å². The van der Waals surface area contributed by atoms with Crippen LogP contribution in [0.5, 0.6) is 0 Å². The van der Waals surface area contributed by atoms with Crippen molar-refractivity contribution in [1.29, 1.82) is 0 Å². The summed E-state index contributed by atoms with van der Waals surface area (Å²) in [5.74, 6) is -2.52. The van der Waals surface area contributed by atoms with Gasteiger partial charge >= 0.3 is 12.1 Å². The normalized spacial score (nSPS) is 11.0. The summed E-state index contributed by atoms with van der Waals surface area (Å²) in [6.45, 7) is 1.55. The van der Waals surface area contributed by atoms with E-state index >= 15 is 0 Å². The quantitative estimate of drug-likeness (QED) is 0.746. The van der Waals surface area contributed by atoms with Crippen LogP contribution >= 0.6 is 0 Å². The number of carboxylic acids is 1. The number of halogens is 3. The van der Waals surface area contributed by atoms with Crippen molar-refractivity contribution >= 4 is 29.2 Å². The minimum atomic E-state index is -4.75. The van der Waals surface area contributed by atoms with E-state index in [0.717, 1.165) is 6.07 Å². The van der Waals surface area contributed by atoms with Gasteiger partial charge in [-0.1, -0.05) is 6.92 Å². The highest BCUT2D eigenvalue weighted by Crippen LogP contribution is 2.36. The van der Waals surface area contributed by atoms with Crippen molar-refractivity contribution < 1.29 is 32.7 Å². The second-order valence-electron chi connectivity index (χ2n) is 4.60. The second-order valence-corrected chi connectivity index (χ2v) is 4.60. The summed E-state index contributed by atoms with van der Waals surface area (Å²) in [4.78, 5) is 33.1. The molecule has 0 fully saturated rings. The molecule has 0 heterocycles. The molecule has 3 N–H and O–H groups in total. The molecule has 1 rings (SSSR count). The Morgan fingerprint density at radius 2 is 1.74 bits per heavy atom. The fraction of sp³-hybridized carbons (Fsp3) is 0.357. The molecule has 0 radical (unpaired) electrons. The predicted molar refractivity (Wildman–Crippen MR) is 75.9 cm³/mol. The SMILES string of the molecule is CCC(=O)Nc1ccc(NC(=O)CCC(=O)O)c(C(F)(F)F)c1. The van der Waals surface area contributed by atoms with Gasteiger partial charge in [-0.15, -0.1) is 0 Å². The van der Waals surface area contributed by atoms with E-state index in [1.807, 2.05) is 5.32 Å². The van der Waals surface area contributed by atoms with Crippen LogP contribution in [0.15, 0.2) is 18.2 Å². The van der Waals surface area contributed by atoms with E-state index < -0.39 is 48.1 Å². The number of carbonyl (C=O) groups excluding carboxylic acids is 2. The van der Waals surface area contributed by atoms with Gasteiger partial charge in [-0.25, -0.2) is 0 Å². The maximum atomic E-state index is 13.1. The lowest BCUT2D eigenvalue weighted by atomic mass is 10.1. The number of aliphatic carboxylic acids is 1. The molecule has 6 nitrogen and oxygen atoms in total. The van der Waals surface area contributed by atoms with Crippen molar-refractivity contribution in [2.24, 2.45) is 0 Å². The Bertz CT molecular complexity index is 615. The van der Waals surface area contributed by atoms with Gasteiger partial charge in [0, 0.05) is 18.5 Å². The summed E-state index contributed by atoms with van der Waals surface area (Å²) in [7, 11) is 0. The molecule has 23 heavy (non-hydrogen) atoms. The molecule has 0 saturated heterocycles. The molecule has 0 aromatic heterocycles. The molecule has 0 aliphatic heterocycles. The highest BCUT2D eigenvalue weighted by Gasteiger charge is 2.34. The molecule has 0 atom stereocenters. The third-order valence-electron chi connectivity index (χ3n) is 2.77. The van der Waals surface area contributed by atoms with Crippen molar-refractivity contribution in [2.45, 2.75) is 32.4 Å². The first-order valence-electron chi connectivity index (χ1n) is 6.66. The van der Waals surface area contributed by atoms with Crippen LogP contribution < -0.4 is 10.6 Å². The van der Waals surface area contributed by atoms with Gasteiger partial charge in [0.15, 0.2) is 0 Å². The number of alkyl halides is 3. The van der Waals surface area contributed by atoms with E-state index in [-0.39, 0.29) is 12.1 Å². The third-order valence-corrected chi connectivity index (χ3v) is 2.77. The summed E-state index contributed by atoms with van der Waals surface area (Å²) >= 11 is 0. The molecule has 0 unspecified atom stereocenters. The van der Waals surface area contributed by atoms with Crippen LogP contribution in [0.1, 0.15) is 31.7 Å². The molecule has 9 heteroatoms. The number of carboxylic acid groups (broad SMARTS) is 1. The lowest BCUT2D eigenvalue weighted by Crippen LogP contribution is -2.18. The predicted octanol–water partition coefficient (Wildman–Crippen LogP) is 2.86. The first-order valence-corrected chi connectivity index (χ1v) is 6.66. The van der Waals surface area contributed by atoms with Crippen LogP contribution in [-0.4, -0.2) is 22.9 Å². The molecular weight excluding hydrogens is 317 g/mol. The number of nitrogens with one attached hydrogen (secondary N) is 2. The zero-order valence-corrected chi connectivity index (χ0v) is 12.2. The molecule has 0 aliphatic carbocycles. The minimum Gasteiger partial charge on any atom is -0.481 e. The number of hydrogen-bond acceptors (Lipinski definition) is 3. The fourth-order valence-electron chi connectivity index (χ4n) is 1.65. The number of hydrogen-bond donors (Lipinski definition) is 3. The molecule has 0 spiro atoms. The number of amides is 2. The van der Waals surface area contributed by atoms with Crippen molar-refractivity contribution in [1.82, 2.24) is 0 Å². The van der Waals surface area contributed by atoms with Crippen molar-refractivity contribution in [2.75, 3.05) is 10.6 Å². The van der Waals surface area contributed by atoms with Crippen molar-refractivity contribution in [3.8, 4) is 0 Å². The van der Waals surface area contributed by atoms with Crippen LogP contribution in [0.4, 0.5) is 24.5 Å². The first kappa shape index (κ1) is 18.5. The molecule has 0 saturated carbocycles. The molecule has 1 aromatic carbocycles. The Balaban J connectivity index is 3.00. The summed E-state index contributed by atoms with van der Waals surface area (Å²) in [5, 5.41) is 12.8. The molecule has 126 valence electrons. The lowest BCUT2D eigenvalue weighted by Gasteiger charge is -2.15. The van der Waals surface area contributed by atoms with Crippen LogP contribution in [0.2, 0.25) is 0 Å². The average Bonchev–Trinajstić information content (AvgIpc) is 2.45. The summed E-state index contributed by atoms with van der Waals surface area (Å²) < 4.78 is 39.2. The second kappa shape index (κ2) is 7.61. The minimum absolute atomic E-state index is 0.0484. The Hall–Kier alpha value is -2.58. The Kier molecular flexibility index (Phi) is 6.11. The standard InChI is InChI=1S/C14H15F3N2O4/c1-2-11(20)18-8-3-4-10(9(7-8)14(15,16)17)19-12(21)5-6-13(22)23/h3-4,7H,2,5-6H2,1H3,(H,18,20)(H,19,21)(H,22,23). The molecule has 0 aliphatic rings. The zero-order valence-electron chi connectivity index (χ0n) is 12.2. The topological polar surface area (TPSA) is 95.5 Å². The van der Waals surface area contributed by atoms with Gasteiger partial charge in [0.05, 0.1) is 17.7 Å². The van der Waals surface area contributed by atoms with Gasteiger partial charge in [0.2, 0.25) is 11.8 Å². The smallest absolute Gasteiger partial charge is 0.418 e. The van der Waals surface area contributed by atoms with Gasteiger partial charge in [-0.05, 0) is 18.2 Å². The lowest BCUT2D eigenvalue weighted by molar-refractivity contribution is -0.139. The number of carbonyl (C=O) groups is 3. The number of anilines is 2. The third kappa shape index (κ3) is 5.97. The number of rotatable bonds is 6. The maximum absolute atomic E-state index is 13.1. The van der Waals surface area contributed by atoms with E-state index in [9.17, 15) is 27.6 Å². The van der Waals surface area contributed by atoms with Gasteiger partial charge in [0.1, 0.15) is 0 Å². The Morgan fingerprint density at radius 1 is 1.09 bits per heavy atom. The van der Waals surface area contributed by atoms with Gasteiger partial charge in [0.25, 0.3) is 0 Å². The monoisotopic (exact) mass is 332 g/mol. The van der Waals surface area contributed by atoms with Gasteiger partial charge < -0.3 is 15.7 Å². The van der Waals surface area contributed by atoms with Crippen LogP contribution in [0.3, 0.4) is 0 Å². The number of benzene rings is 1. The highest BCUT2D eigenvalue weighted by molar-refractivity contribution is 5.94. The van der Waals surface area contributed by atoms with E-state index in [1.165, 1.54) is 6.07 Å². The van der Waals surface area contributed by atoms with Gasteiger partial charge in [-0.3, -0.25) is 14.4 Å². The van der Waals surface area contributed by atoms with E-state index in [0.29, 0.717) is 6.07 Å². The molecular formula is C14H15F3N2O4. The maximum Gasteiger partial charge on any atom is 0.418 e. The van der Waals surface area contributed by atoms with Crippen molar-refractivity contribution in [3.63, 3.8) is 0 Å². The Labute approximate surface area is 129 Å². The van der Waals surface area contributed by atoms with Crippen LogP contribution in [-0.2, 0) is 20.6 Å². The van der Waals surface area contributed by atoms with E-state index in [1.54, 1.807) is 6.92 Å². The van der Waals surface area contributed by atoms with Crippen molar-refractivity contribution in [3.05, 3.63) is 23.8 Å². The van der Waals surface area contributed by atoms with E-state index in [4.69, 9.17) is 5.11 Å². The van der Waals surface area contributed by atoms with Crippen LogP contribution in [0, 0.1) is 0 Å². The molecule has 1 aromatic rings.